The quantitative estimate of drug-likeness (QED) is 0.686. The number of piperidine rings is 1. The second-order valence-electron chi connectivity index (χ2n) is 4.04. The molecule has 3 amide bonds. The van der Waals surface area contributed by atoms with Gasteiger partial charge in [-0.05, 0) is 12.8 Å². The summed E-state index contributed by atoms with van der Waals surface area (Å²) in [4.78, 5) is 44.6. The molecule has 0 unspecified atom stereocenters. The van der Waals surface area contributed by atoms with Crippen molar-refractivity contribution < 1.29 is 14.4 Å². The summed E-state index contributed by atoms with van der Waals surface area (Å²) >= 11 is 0. The Labute approximate surface area is 98.3 Å². The summed E-state index contributed by atoms with van der Waals surface area (Å²) in [7, 11) is 0. The molecule has 0 saturated carbocycles. The van der Waals surface area contributed by atoms with Crippen LogP contribution in [0, 0.1) is 10.8 Å². The maximum Gasteiger partial charge on any atom is 0.286 e. The van der Waals surface area contributed by atoms with Crippen molar-refractivity contribution in [2.45, 2.75) is 25.7 Å². The molecule has 0 bridgehead atoms. The van der Waals surface area contributed by atoms with E-state index >= 15 is 0 Å². The van der Waals surface area contributed by atoms with Crippen molar-refractivity contribution in [3.05, 3.63) is 4.91 Å². The zero-order valence-corrected chi connectivity index (χ0v) is 9.42. The minimum absolute atomic E-state index is 0.00812. The van der Waals surface area contributed by atoms with Gasteiger partial charge in [0.25, 0.3) is 5.91 Å². The molecule has 1 aliphatic rings. The number of primary amides is 1. The van der Waals surface area contributed by atoms with Crippen LogP contribution in [0.25, 0.3) is 0 Å². The molecule has 7 heteroatoms. The molecule has 0 aromatic heterocycles. The average Bonchev–Trinajstić information content (AvgIpc) is 2.35. The van der Waals surface area contributed by atoms with Crippen molar-refractivity contribution >= 4 is 17.7 Å². The number of nitrogens with zero attached hydrogens (tertiary/aromatic N) is 2. The number of nitrogens with two attached hydrogens (primary N) is 1. The van der Waals surface area contributed by atoms with E-state index in [9.17, 15) is 19.3 Å². The van der Waals surface area contributed by atoms with Gasteiger partial charge in [0.05, 0.1) is 0 Å². The van der Waals surface area contributed by atoms with Gasteiger partial charge in [-0.25, -0.2) is 0 Å². The van der Waals surface area contributed by atoms with E-state index in [0.717, 1.165) is 0 Å². The van der Waals surface area contributed by atoms with Crippen molar-refractivity contribution in [1.82, 2.24) is 4.90 Å². The van der Waals surface area contributed by atoms with Crippen molar-refractivity contribution in [2.24, 2.45) is 16.8 Å². The lowest BCUT2D eigenvalue weighted by Gasteiger charge is -2.30. The van der Waals surface area contributed by atoms with Gasteiger partial charge in [-0.15, -0.1) is 4.91 Å². The fourth-order valence-electron chi connectivity index (χ4n) is 1.83. The number of rotatable bonds is 4. The molecule has 1 saturated heterocycles. The Morgan fingerprint density at radius 1 is 1.18 bits per heavy atom. The highest BCUT2D eigenvalue weighted by Gasteiger charge is 2.25. The molecule has 1 rings (SSSR count). The summed E-state index contributed by atoms with van der Waals surface area (Å²) < 4.78 is 0. The van der Waals surface area contributed by atoms with E-state index < -0.39 is 5.91 Å². The van der Waals surface area contributed by atoms with Crippen molar-refractivity contribution in [2.75, 3.05) is 13.1 Å². The number of carbonyl (C=O) groups excluding carboxylic acids is 3. The zero-order chi connectivity index (χ0) is 12.8. The van der Waals surface area contributed by atoms with Gasteiger partial charge >= 0.3 is 0 Å². The molecule has 17 heavy (non-hydrogen) atoms. The summed E-state index contributed by atoms with van der Waals surface area (Å²) in [6.45, 7) is 0.935. The predicted molar refractivity (Wildman–Crippen MR) is 58.5 cm³/mol. The van der Waals surface area contributed by atoms with Crippen LogP contribution in [0.4, 0.5) is 0 Å². The van der Waals surface area contributed by atoms with Gasteiger partial charge in [0, 0.05) is 37.0 Å². The van der Waals surface area contributed by atoms with Crippen molar-refractivity contribution in [1.29, 1.82) is 0 Å². The van der Waals surface area contributed by atoms with Crippen LogP contribution in [0.1, 0.15) is 25.7 Å². The summed E-state index contributed by atoms with van der Waals surface area (Å²) in [5.41, 5.74) is 5.17. The average molecular weight is 241 g/mol. The predicted octanol–water partition coefficient (Wildman–Crippen LogP) is -0.217. The number of nitroso groups, excluding NO2 is 1. The standard InChI is InChI=1S/C10H15N3O4/c11-10(16)7-3-5-13(6-4-7)9(15)2-1-8(14)12-17/h7H,1-6H2,(H2,11,16). The Bertz CT molecular complexity index is 334. The topological polar surface area (TPSA) is 110 Å². The third-order valence-electron chi connectivity index (χ3n) is 2.90. The maximum absolute atomic E-state index is 11.6. The van der Waals surface area contributed by atoms with Gasteiger partial charge in [0.2, 0.25) is 11.8 Å². The highest BCUT2D eigenvalue weighted by atomic mass is 16.3. The second-order valence-corrected chi connectivity index (χ2v) is 4.04. The molecule has 7 nitrogen and oxygen atoms in total. The van der Waals surface area contributed by atoms with Crippen LogP contribution in [-0.2, 0) is 14.4 Å². The Kier molecular flexibility index (Phi) is 4.74. The molecule has 1 aliphatic heterocycles. The summed E-state index contributed by atoms with van der Waals surface area (Å²) in [6.07, 6.45) is 0.950. The number of hydrogen-bond acceptors (Lipinski definition) is 4. The van der Waals surface area contributed by atoms with E-state index in [1.54, 1.807) is 4.90 Å². The minimum atomic E-state index is -0.814. The smallest absolute Gasteiger partial charge is 0.286 e. The first-order chi connectivity index (χ1) is 8.04. The van der Waals surface area contributed by atoms with E-state index in [-0.39, 0.29) is 30.6 Å². The SMILES string of the molecule is NC(=O)C1CCN(C(=O)CCC(=O)N=O)CC1. The van der Waals surface area contributed by atoms with Crippen LogP contribution in [0.5, 0.6) is 0 Å². The van der Waals surface area contributed by atoms with Crippen LogP contribution in [0.2, 0.25) is 0 Å². The van der Waals surface area contributed by atoms with Crippen LogP contribution >= 0.6 is 0 Å². The van der Waals surface area contributed by atoms with E-state index in [1.807, 2.05) is 0 Å². The van der Waals surface area contributed by atoms with E-state index in [1.165, 1.54) is 0 Å². The molecule has 2 N–H and O–H groups in total. The third-order valence-corrected chi connectivity index (χ3v) is 2.90. The van der Waals surface area contributed by atoms with Crippen molar-refractivity contribution in [3.8, 4) is 0 Å². The van der Waals surface area contributed by atoms with E-state index in [0.29, 0.717) is 25.9 Å². The molecule has 1 heterocycles. The Balaban J connectivity index is 2.33. The Hall–Kier alpha value is -1.79. The summed E-state index contributed by atoms with van der Waals surface area (Å²) in [5.74, 6) is -1.51. The van der Waals surface area contributed by atoms with Gasteiger partial charge in [-0.3, -0.25) is 14.4 Å². The third kappa shape index (κ3) is 3.93. The molecular weight excluding hydrogens is 226 g/mol. The Morgan fingerprint density at radius 3 is 2.24 bits per heavy atom. The molecule has 0 atom stereocenters. The first-order valence-corrected chi connectivity index (χ1v) is 5.48. The largest absolute Gasteiger partial charge is 0.369 e. The molecule has 94 valence electrons. The molecule has 0 radical (unpaired) electrons. The number of amides is 3. The highest BCUT2D eigenvalue weighted by Crippen LogP contribution is 2.17. The minimum Gasteiger partial charge on any atom is -0.369 e. The van der Waals surface area contributed by atoms with Crippen LogP contribution < -0.4 is 5.73 Å². The second kappa shape index (κ2) is 6.07. The fourth-order valence-corrected chi connectivity index (χ4v) is 1.83. The van der Waals surface area contributed by atoms with Crippen LogP contribution in [0.3, 0.4) is 0 Å². The zero-order valence-electron chi connectivity index (χ0n) is 9.42. The van der Waals surface area contributed by atoms with E-state index in [2.05, 4.69) is 5.18 Å². The monoisotopic (exact) mass is 241 g/mol. The fraction of sp³-hybridized carbons (Fsp3) is 0.700. The lowest BCUT2D eigenvalue weighted by atomic mass is 9.96. The molecular formula is C10H15N3O4. The highest BCUT2D eigenvalue weighted by molar-refractivity contribution is 5.84. The number of carbonyl (C=O) groups is 3. The molecule has 0 aliphatic carbocycles. The van der Waals surface area contributed by atoms with Crippen molar-refractivity contribution in [3.63, 3.8) is 0 Å². The molecule has 0 aromatic rings. The normalized spacial score (nSPS) is 16.6. The lowest BCUT2D eigenvalue weighted by Crippen LogP contribution is -2.41. The van der Waals surface area contributed by atoms with Gasteiger partial charge < -0.3 is 10.6 Å². The number of hydrogen-bond donors (Lipinski definition) is 1. The lowest BCUT2D eigenvalue weighted by molar-refractivity contribution is -0.136. The van der Waals surface area contributed by atoms with E-state index in [4.69, 9.17) is 5.73 Å². The maximum atomic E-state index is 11.6. The van der Waals surface area contributed by atoms with Gasteiger partial charge in [-0.2, -0.15) is 0 Å². The summed E-state index contributed by atoms with van der Waals surface area (Å²) in [5, 5.41) is 2.22. The number of likely N-dealkylation sites (tertiary alicyclic amines) is 1. The molecule has 0 aromatic carbocycles. The summed E-state index contributed by atoms with van der Waals surface area (Å²) in [6, 6.07) is 0. The van der Waals surface area contributed by atoms with Crippen LogP contribution in [0.15, 0.2) is 5.18 Å². The first kappa shape index (κ1) is 13.3. The first-order valence-electron chi connectivity index (χ1n) is 5.48. The van der Waals surface area contributed by atoms with Crippen LogP contribution in [-0.4, -0.2) is 35.7 Å². The van der Waals surface area contributed by atoms with Gasteiger partial charge in [-0.1, -0.05) is 0 Å². The van der Waals surface area contributed by atoms with Gasteiger partial charge in [0.1, 0.15) is 0 Å². The molecule has 0 spiro atoms. The van der Waals surface area contributed by atoms with Gasteiger partial charge in [0.15, 0.2) is 0 Å². The Morgan fingerprint density at radius 2 is 1.76 bits per heavy atom. The molecule has 1 fully saturated rings.